The molecule has 7 heteroatoms. The molecule has 3 aliphatic heterocycles. The van der Waals surface area contributed by atoms with Gasteiger partial charge in [-0.1, -0.05) is 39.8 Å². The first-order chi connectivity index (χ1) is 16.0. The predicted molar refractivity (Wildman–Crippen MR) is 156 cm³/mol. The standard InChI is InChI=1S/C22H36P2.C4H8O.3ClH.Cr/c1-5-17-13-14-18(6-2)23(17)21-11-9-10-12-22(21)24-19(7-3)15-16-20(24)8-4;1-2-4-5-3-1;;;;/h9-12,17-20H,5-8,13-16H2,1-4H3;1-4H2;3*1H;/q;;;;;+3/t17-,18-,19-,20-;;;;;/m1...../s1. The number of benzene rings is 1. The van der Waals surface area contributed by atoms with E-state index in [1.54, 1.807) is 0 Å². The van der Waals surface area contributed by atoms with Crippen molar-refractivity contribution in [2.75, 3.05) is 13.2 Å². The summed E-state index contributed by atoms with van der Waals surface area (Å²) in [6.07, 6.45) is 14.3. The zero-order valence-electron chi connectivity index (χ0n) is 21.1. The molecule has 3 saturated heterocycles. The number of aliphatic hydroxyl groups is 2. The molecule has 4 rings (SSSR count). The van der Waals surface area contributed by atoms with Gasteiger partial charge >= 0.3 is 41.5 Å². The van der Waals surface area contributed by atoms with Crippen LogP contribution in [0.1, 0.15) is 91.9 Å². The van der Waals surface area contributed by atoms with E-state index in [1.165, 1.54) is 64.2 Å². The molecule has 4 atom stereocenters. The first kappa shape index (κ1) is 30.7. The van der Waals surface area contributed by atoms with Gasteiger partial charge in [0.1, 0.15) is 23.8 Å². The predicted octanol–water partition coefficient (Wildman–Crippen LogP) is 8.44. The molecule has 33 heavy (non-hydrogen) atoms. The van der Waals surface area contributed by atoms with Crippen molar-refractivity contribution < 1.29 is 16.1 Å². The van der Waals surface area contributed by atoms with Crippen LogP contribution in [0.4, 0.5) is 0 Å². The molecule has 0 bridgehead atoms. The van der Waals surface area contributed by atoms with Gasteiger partial charge < -0.3 is 4.74 Å². The molecule has 3 heterocycles. The van der Waals surface area contributed by atoms with Crippen molar-refractivity contribution in [1.29, 1.82) is 0 Å². The van der Waals surface area contributed by atoms with Gasteiger partial charge in [0, 0.05) is 28.7 Å². The first-order valence-corrected chi connectivity index (χ1v) is 21.7. The van der Waals surface area contributed by atoms with E-state index in [2.05, 4.69) is 56.7 Å². The van der Waals surface area contributed by atoms with E-state index in [4.69, 9.17) is 30.1 Å². The molecular formula is C26H47Cl3CrOP2+3. The van der Waals surface area contributed by atoms with E-state index in [1.807, 2.05) is 10.6 Å². The van der Waals surface area contributed by atoms with E-state index in [0.29, 0.717) is 0 Å². The molecule has 1 aromatic rings. The molecule has 0 spiro atoms. The fourth-order valence-corrected chi connectivity index (χ4v) is 15.2. The molecular weight excluding hydrogens is 549 g/mol. The fraction of sp³-hybridized carbons (Fsp3) is 0.769. The molecule has 1 N–H and O–H groups in total. The van der Waals surface area contributed by atoms with Crippen molar-refractivity contribution in [2.24, 2.45) is 0 Å². The quantitative estimate of drug-likeness (QED) is 0.231. The van der Waals surface area contributed by atoms with Crippen LogP contribution in [0.5, 0.6) is 0 Å². The maximum absolute atomic E-state index is 4.93. The van der Waals surface area contributed by atoms with E-state index in [-0.39, 0.29) is 15.8 Å². The van der Waals surface area contributed by atoms with Crippen LogP contribution < -0.4 is 10.6 Å². The van der Waals surface area contributed by atoms with Crippen molar-refractivity contribution in [3.63, 3.8) is 0 Å². The molecule has 191 valence electrons. The summed E-state index contributed by atoms with van der Waals surface area (Å²) < 4.78 is 4.08. The molecule has 0 aliphatic carbocycles. The van der Waals surface area contributed by atoms with Crippen LogP contribution in [-0.4, -0.2) is 40.6 Å². The van der Waals surface area contributed by atoms with Crippen LogP contribution in [0.3, 0.4) is 0 Å². The van der Waals surface area contributed by atoms with Crippen LogP contribution in [0, 0.1) is 0 Å². The Hall–Kier alpha value is 1.44. The van der Waals surface area contributed by atoms with Crippen LogP contribution in [0.2, 0.25) is 0 Å². The Labute approximate surface area is 223 Å². The second-order valence-corrected chi connectivity index (χ2v) is 22.1. The number of hydrogen-bond acceptors (Lipinski definition) is 0. The van der Waals surface area contributed by atoms with E-state index < -0.39 is 11.4 Å². The minimum atomic E-state index is -1.62. The second-order valence-electron chi connectivity index (χ2n) is 9.58. The summed E-state index contributed by atoms with van der Waals surface area (Å²) in [5.41, 5.74) is 4.13. The van der Waals surface area contributed by atoms with Gasteiger partial charge in [-0.2, -0.15) is 0 Å². The van der Waals surface area contributed by atoms with Crippen LogP contribution in [0.25, 0.3) is 0 Å². The number of rotatable bonds is 6. The Balaban J connectivity index is 0.000000359. The van der Waals surface area contributed by atoms with Gasteiger partial charge in [-0.15, -0.1) is 0 Å². The molecule has 3 fully saturated rings. The fourth-order valence-electron chi connectivity index (χ4n) is 6.21. The van der Waals surface area contributed by atoms with E-state index in [9.17, 15) is 0 Å². The average molecular weight is 596 g/mol. The normalized spacial score (nSPS) is 27.9. The minimum absolute atomic E-state index is 0.371. The molecule has 0 amide bonds. The van der Waals surface area contributed by atoms with Gasteiger partial charge in [-0.05, 0) is 63.5 Å². The van der Waals surface area contributed by atoms with Crippen molar-refractivity contribution in [3.05, 3.63) is 24.3 Å². The Morgan fingerprint density at radius 3 is 1.21 bits per heavy atom. The van der Waals surface area contributed by atoms with Gasteiger partial charge in [0.05, 0.1) is 22.6 Å². The number of ether oxygens (including phenoxy) is 1. The monoisotopic (exact) mass is 594 g/mol. The number of halogens is 3. The third-order valence-corrected chi connectivity index (χ3v) is 16.6. The first-order valence-electron chi connectivity index (χ1n) is 13.2. The summed E-state index contributed by atoms with van der Waals surface area (Å²) in [4.78, 5) is 0. The molecule has 0 radical (unpaired) electrons. The molecule has 3 aliphatic rings. The third kappa shape index (κ3) is 9.36. The van der Waals surface area contributed by atoms with Crippen molar-refractivity contribution >= 4 is 56.6 Å². The van der Waals surface area contributed by atoms with Gasteiger partial charge in [0.25, 0.3) is 0 Å². The maximum atomic E-state index is 4.93. The Kier molecular flexibility index (Phi) is 15.8. The van der Waals surface area contributed by atoms with Gasteiger partial charge in [-0.3, -0.25) is 0 Å². The molecule has 0 unspecified atom stereocenters. The van der Waals surface area contributed by atoms with E-state index in [0.717, 1.165) is 35.8 Å². The summed E-state index contributed by atoms with van der Waals surface area (Å²) >= 11 is -1.62. The summed E-state index contributed by atoms with van der Waals surface area (Å²) in [7, 11) is 14.0. The Bertz CT molecular complexity index is 581. The summed E-state index contributed by atoms with van der Waals surface area (Å²) in [6.45, 7) is 12.0. The summed E-state index contributed by atoms with van der Waals surface area (Å²) in [5.74, 6) is 0. The van der Waals surface area contributed by atoms with Crippen molar-refractivity contribution in [3.8, 4) is 0 Å². The second kappa shape index (κ2) is 17.0. The summed E-state index contributed by atoms with van der Waals surface area (Å²) in [5, 5.41) is 3.79. The van der Waals surface area contributed by atoms with Gasteiger partial charge in [-0.25, -0.2) is 0 Å². The molecule has 1 aromatic carbocycles. The van der Waals surface area contributed by atoms with Crippen molar-refractivity contribution in [1.82, 2.24) is 0 Å². The van der Waals surface area contributed by atoms with Crippen LogP contribution in [0.15, 0.2) is 24.3 Å². The Morgan fingerprint density at radius 2 is 1.00 bits per heavy atom. The summed E-state index contributed by atoms with van der Waals surface area (Å²) in [6, 6.07) is 9.87. The zero-order valence-corrected chi connectivity index (χ0v) is 26.6. The van der Waals surface area contributed by atoms with Crippen LogP contribution in [-0.2, 0) is 11.4 Å². The molecule has 1 nitrogen and oxygen atoms in total. The Morgan fingerprint density at radius 1 is 0.697 bits per heavy atom. The van der Waals surface area contributed by atoms with Crippen LogP contribution >= 0.6 is 46.0 Å². The zero-order chi connectivity index (χ0) is 24.2. The van der Waals surface area contributed by atoms with Crippen molar-refractivity contribution in [2.45, 2.75) is 115 Å². The third-order valence-electron chi connectivity index (χ3n) is 7.89. The SMILES string of the molecule is C1CC[OH+]C1.CC[C@@H]1CC[C@@H](CC)[PH+]1c1ccccc1[PH+]1[C@H](CC)CC[C@H]1CC.[Cl][Cr]([Cl])[Cl]. The topological polar surface area (TPSA) is 12.8 Å². The molecule has 0 aromatic heterocycles. The number of hydrogen-bond donors (Lipinski definition) is 0. The van der Waals surface area contributed by atoms with Gasteiger partial charge in [0.2, 0.25) is 0 Å². The average Bonchev–Trinajstić information content (AvgIpc) is 3.59. The van der Waals surface area contributed by atoms with Gasteiger partial charge in [0.15, 0.2) is 0 Å². The molecule has 0 saturated carbocycles. The van der Waals surface area contributed by atoms with E-state index >= 15 is 0 Å².